The fourth-order valence-electron chi connectivity index (χ4n) is 7.39. The van der Waals surface area contributed by atoms with Gasteiger partial charge in [0.25, 0.3) is 0 Å². The summed E-state index contributed by atoms with van der Waals surface area (Å²) in [5.74, 6) is 0.736. The molecule has 0 spiro atoms. The summed E-state index contributed by atoms with van der Waals surface area (Å²) in [6, 6.07) is 48.0. The third kappa shape index (κ3) is 6.79. The second-order valence-corrected chi connectivity index (χ2v) is 13.5. The Morgan fingerprint density at radius 2 is 1.34 bits per heavy atom. The third-order valence-corrected chi connectivity index (χ3v) is 10.0. The monoisotopic (exact) mass is 739 g/mol. The Morgan fingerprint density at radius 3 is 1.95 bits per heavy atom. The van der Waals surface area contributed by atoms with Gasteiger partial charge in [-0.05, 0) is 57.2 Å². The molecule has 0 fully saturated rings. The van der Waals surface area contributed by atoms with E-state index in [1.165, 1.54) is 4.52 Å². The molecule has 11 heteroatoms. The van der Waals surface area contributed by atoms with Gasteiger partial charge in [0.1, 0.15) is 16.9 Å². The van der Waals surface area contributed by atoms with Crippen LogP contribution in [-0.4, -0.2) is 59.1 Å². The van der Waals surface area contributed by atoms with Gasteiger partial charge in [0.15, 0.2) is 11.5 Å². The zero-order valence-corrected chi connectivity index (χ0v) is 31.3. The van der Waals surface area contributed by atoms with Crippen LogP contribution in [0, 0.1) is 0 Å². The quantitative estimate of drug-likeness (QED) is 0.0803. The molecule has 0 aliphatic heterocycles. The van der Waals surface area contributed by atoms with Crippen molar-refractivity contribution in [1.82, 2.24) is 40.0 Å². The molecule has 3 aromatic heterocycles. The van der Waals surface area contributed by atoms with Gasteiger partial charge >= 0.3 is 5.97 Å². The van der Waals surface area contributed by atoms with Crippen LogP contribution in [0.2, 0.25) is 0 Å². The molecule has 0 radical (unpaired) electrons. The molecule has 8 aromatic rings. The highest BCUT2D eigenvalue weighted by Gasteiger charge is 2.42. The fourth-order valence-corrected chi connectivity index (χ4v) is 7.39. The number of carbonyl (C=O) groups excluding carboxylic acids is 1. The largest absolute Gasteiger partial charge is 0.462 e. The van der Waals surface area contributed by atoms with Crippen molar-refractivity contribution in [2.75, 3.05) is 18.1 Å². The molecule has 56 heavy (non-hydrogen) atoms. The summed E-state index contributed by atoms with van der Waals surface area (Å²) in [4.78, 5) is 20.1. The van der Waals surface area contributed by atoms with E-state index < -0.39 is 11.5 Å². The number of anilines is 1. The van der Waals surface area contributed by atoms with E-state index in [1.54, 1.807) is 19.3 Å². The van der Waals surface area contributed by atoms with E-state index in [4.69, 9.17) is 20.0 Å². The molecule has 0 aliphatic carbocycles. The van der Waals surface area contributed by atoms with E-state index >= 15 is 0 Å². The van der Waals surface area contributed by atoms with Crippen molar-refractivity contribution < 1.29 is 9.53 Å². The average molecular weight is 740 g/mol. The van der Waals surface area contributed by atoms with Crippen LogP contribution in [-0.2, 0) is 16.8 Å². The molecule has 0 aliphatic rings. The number of tetrazole rings is 1. The molecule has 0 amide bonds. The SMILES string of the molecule is CCCCN(Cc1ccc(-c2ccccc2-c2nnnn2C(c2ccccc2)(c2ccccc2)c2ccccc2)cc1)c1nc2cnnn2cc1C(=O)OCC. The van der Waals surface area contributed by atoms with Crippen molar-refractivity contribution >= 4 is 17.4 Å². The Kier molecular flexibility index (Phi) is 10.4. The molecule has 278 valence electrons. The first kappa shape index (κ1) is 36.0. The molecular weight excluding hydrogens is 699 g/mol. The molecule has 0 bridgehead atoms. The number of esters is 1. The number of nitrogens with zero attached hydrogens (tertiary/aromatic N) is 9. The Hall–Kier alpha value is -7.01. The Bertz CT molecular complexity index is 2440. The van der Waals surface area contributed by atoms with Gasteiger partial charge in [0.05, 0.1) is 19.0 Å². The summed E-state index contributed by atoms with van der Waals surface area (Å²) >= 11 is 0. The Balaban J connectivity index is 1.19. The van der Waals surface area contributed by atoms with Crippen molar-refractivity contribution in [1.29, 1.82) is 0 Å². The lowest BCUT2D eigenvalue weighted by molar-refractivity contribution is 0.0526. The van der Waals surface area contributed by atoms with Crippen molar-refractivity contribution in [2.45, 2.75) is 38.8 Å². The third-order valence-electron chi connectivity index (χ3n) is 10.0. The molecule has 0 atom stereocenters. The van der Waals surface area contributed by atoms with Crippen molar-refractivity contribution in [3.63, 3.8) is 0 Å². The molecule has 8 rings (SSSR count). The molecule has 0 unspecified atom stereocenters. The Morgan fingerprint density at radius 1 is 0.732 bits per heavy atom. The van der Waals surface area contributed by atoms with Crippen LogP contribution in [0.15, 0.2) is 152 Å². The number of ether oxygens (including phenoxy) is 1. The molecule has 0 N–H and O–H groups in total. The van der Waals surface area contributed by atoms with Gasteiger partial charge in [-0.1, -0.05) is 158 Å². The minimum atomic E-state index is -0.881. The van der Waals surface area contributed by atoms with E-state index in [-0.39, 0.29) is 6.61 Å². The number of carbonyl (C=O) groups is 1. The van der Waals surface area contributed by atoms with Gasteiger partial charge in [-0.3, -0.25) is 0 Å². The van der Waals surface area contributed by atoms with Gasteiger partial charge in [0.2, 0.25) is 0 Å². The van der Waals surface area contributed by atoms with Crippen LogP contribution in [0.4, 0.5) is 5.82 Å². The number of unbranched alkanes of at least 4 members (excludes halogenated alkanes) is 1. The maximum atomic E-state index is 13.2. The van der Waals surface area contributed by atoms with Crippen LogP contribution >= 0.6 is 0 Å². The minimum absolute atomic E-state index is 0.254. The summed E-state index contributed by atoms with van der Waals surface area (Å²) in [6.07, 6.45) is 5.14. The predicted octanol–water partition coefficient (Wildman–Crippen LogP) is 8.27. The fraction of sp³-hybridized carbons (Fsp3) is 0.178. The van der Waals surface area contributed by atoms with Gasteiger partial charge in [-0.15, -0.1) is 10.2 Å². The van der Waals surface area contributed by atoms with Crippen LogP contribution in [0.1, 0.15) is 59.3 Å². The normalized spacial score (nSPS) is 11.5. The number of hydrogen-bond donors (Lipinski definition) is 0. The van der Waals surface area contributed by atoms with Crippen LogP contribution in [0.3, 0.4) is 0 Å². The highest BCUT2D eigenvalue weighted by molar-refractivity contribution is 5.95. The van der Waals surface area contributed by atoms with Gasteiger partial charge in [0, 0.05) is 18.7 Å². The van der Waals surface area contributed by atoms with Crippen LogP contribution in [0.5, 0.6) is 0 Å². The summed E-state index contributed by atoms with van der Waals surface area (Å²) in [5, 5.41) is 21.9. The van der Waals surface area contributed by atoms with Gasteiger partial charge in [-0.25, -0.2) is 19.0 Å². The topological polar surface area (TPSA) is 116 Å². The first-order chi connectivity index (χ1) is 27.6. The van der Waals surface area contributed by atoms with Crippen LogP contribution in [0.25, 0.3) is 28.2 Å². The highest BCUT2D eigenvalue weighted by Crippen LogP contribution is 2.43. The lowest BCUT2D eigenvalue weighted by Crippen LogP contribution is -2.39. The number of fused-ring (bicyclic) bond motifs is 1. The zero-order chi connectivity index (χ0) is 38.3. The summed E-state index contributed by atoms with van der Waals surface area (Å²) in [7, 11) is 0. The van der Waals surface area contributed by atoms with Gasteiger partial charge in [-0.2, -0.15) is 0 Å². The number of aromatic nitrogens is 8. The Labute approximate surface area is 325 Å². The molecular formula is C45H41N9O2. The van der Waals surface area contributed by atoms with Crippen molar-refractivity contribution in [2.24, 2.45) is 0 Å². The maximum Gasteiger partial charge on any atom is 0.343 e. The number of hydrogen-bond acceptors (Lipinski definition) is 9. The first-order valence-electron chi connectivity index (χ1n) is 18.9. The summed E-state index contributed by atoms with van der Waals surface area (Å²) < 4.78 is 8.89. The van der Waals surface area contributed by atoms with E-state index in [1.807, 2.05) is 35.0 Å². The van der Waals surface area contributed by atoms with E-state index in [0.717, 1.165) is 51.8 Å². The number of rotatable bonds is 14. The molecule has 11 nitrogen and oxygen atoms in total. The number of benzene rings is 5. The average Bonchev–Trinajstić information content (AvgIpc) is 3.94. The van der Waals surface area contributed by atoms with Crippen LogP contribution < -0.4 is 4.90 Å². The zero-order valence-electron chi connectivity index (χ0n) is 31.3. The summed E-state index contributed by atoms with van der Waals surface area (Å²) in [6.45, 7) is 5.43. The second-order valence-electron chi connectivity index (χ2n) is 13.5. The molecule has 5 aromatic carbocycles. The predicted molar refractivity (Wildman–Crippen MR) is 216 cm³/mol. The van der Waals surface area contributed by atoms with Crippen molar-refractivity contribution in [3.8, 4) is 22.5 Å². The maximum absolute atomic E-state index is 13.2. The highest BCUT2D eigenvalue weighted by atomic mass is 16.5. The first-order valence-corrected chi connectivity index (χ1v) is 18.9. The van der Waals surface area contributed by atoms with Crippen molar-refractivity contribution in [3.05, 3.63) is 180 Å². The standard InChI is InChI=1S/C45H41N9O2/c1-3-5-29-52(42-40(44(55)56-4-2)32-53-41(47-42)30-46-50-53)31-33-25-27-34(28-26-33)38-23-15-16-24-39(38)43-48-49-51-54(43)45(35-17-9-6-10-18-35,36-19-11-7-12-20-36)37-21-13-8-14-22-37/h6-28,30,32H,3-5,29,31H2,1-2H3. The lowest BCUT2D eigenvalue weighted by Gasteiger charge is -2.36. The molecule has 0 saturated heterocycles. The molecule has 3 heterocycles. The van der Waals surface area contributed by atoms with E-state index in [9.17, 15) is 4.79 Å². The summed E-state index contributed by atoms with van der Waals surface area (Å²) in [5.41, 5.74) is 7.08. The second kappa shape index (κ2) is 16.2. The smallest absolute Gasteiger partial charge is 0.343 e. The van der Waals surface area contributed by atoms with E-state index in [2.05, 4.69) is 137 Å². The van der Waals surface area contributed by atoms with E-state index in [0.29, 0.717) is 35.9 Å². The minimum Gasteiger partial charge on any atom is -0.462 e. The lowest BCUT2D eigenvalue weighted by atomic mass is 9.77. The molecule has 0 saturated carbocycles. The van der Waals surface area contributed by atoms with Gasteiger partial charge < -0.3 is 9.64 Å².